The number of fused-ring (bicyclic) bond motifs is 2. The van der Waals surface area contributed by atoms with Gasteiger partial charge in [-0.3, -0.25) is 4.79 Å². The summed E-state index contributed by atoms with van der Waals surface area (Å²) in [5, 5.41) is 2.45. The molecule has 5 rings (SSSR count). The largest absolute Gasteiger partial charge is 0.317 e. The van der Waals surface area contributed by atoms with E-state index in [1.54, 1.807) is 0 Å². The van der Waals surface area contributed by atoms with E-state index in [0.29, 0.717) is 6.54 Å². The number of carbonyl (C=O) groups is 1. The first kappa shape index (κ1) is 18.4. The van der Waals surface area contributed by atoms with Gasteiger partial charge in [0.05, 0.1) is 11.4 Å². The maximum atomic E-state index is 13.1. The second-order valence-corrected chi connectivity index (χ2v) is 7.78. The summed E-state index contributed by atoms with van der Waals surface area (Å²) in [5.41, 5.74) is 7.32. The summed E-state index contributed by atoms with van der Waals surface area (Å²) < 4.78 is 2.29. The number of likely N-dealkylation sites (N-methyl/N-ethyl adjacent to an activating group) is 1. The van der Waals surface area contributed by atoms with Gasteiger partial charge >= 0.3 is 0 Å². The molecule has 0 N–H and O–H groups in total. The van der Waals surface area contributed by atoms with Crippen LogP contribution in [0.15, 0.2) is 72.8 Å². The molecule has 3 heteroatoms. The van der Waals surface area contributed by atoms with Gasteiger partial charge in [-0.1, -0.05) is 54.6 Å². The lowest BCUT2D eigenvalue weighted by Gasteiger charge is -2.13. The first-order chi connectivity index (χ1) is 14.6. The van der Waals surface area contributed by atoms with E-state index in [2.05, 4.69) is 73.0 Å². The van der Waals surface area contributed by atoms with E-state index in [0.717, 1.165) is 33.8 Å². The Bertz CT molecular complexity index is 1320. The average molecular weight is 393 g/mol. The lowest BCUT2D eigenvalue weighted by atomic mass is 10.0. The van der Waals surface area contributed by atoms with E-state index >= 15 is 0 Å². The average Bonchev–Trinajstić information content (AvgIpc) is 3.20. The smallest absolute Gasteiger partial charge is 0.258 e. The van der Waals surface area contributed by atoms with Gasteiger partial charge in [0.25, 0.3) is 5.91 Å². The minimum atomic E-state index is 0.0775. The van der Waals surface area contributed by atoms with Crippen molar-refractivity contribution in [3.05, 3.63) is 95.3 Å². The first-order valence-electron chi connectivity index (χ1n) is 10.4. The molecule has 0 spiro atoms. The van der Waals surface area contributed by atoms with Crippen molar-refractivity contribution in [2.24, 2.45) is 0 Å². The molecule has 3 aromatic carbocycles. The summed E-state index contributed by atoms with van der Waals surface area (Å²) in [6.07, 6.45) is 2.06. The zero-order valence-corrected chi connectivity index (χ0v) is 17.5. The Morgan fingerprint density at radius 1 is 0.867 bits per heavy atom. The Morgan fingerprint density at radius 3 is 2.40 bits per heavy atom. The van der Waals surface area contributed by atoms with Gasteiger partial charge in [-0.25, -0.2) is 0 Å². The fourth-order valence-electron chi connectivity index (χ4n) is 4.62. The van der Waals surface area contributed by atoms with Crippen LogP contribution in [0.5, 0.6) is 0 Å². The molecule has 1 aliphatic rings. The maximum absolute atomic E-state index is 13.1. The van der Waals surface area contributed by atoms with Crippen LogP contribution in [0.25, 0.3) is 28.1 Å². The van der Waals surface area contributed by atoms with Crippen molar-refractivity contribution in [2.75, 3.05) is 11.4 Å². The summed E-state index contributed by atoms with van der Waals surface area (Å²) in [4.78, 5) is 14.9. The molecule has 30 heavy (non-hydrogen) atoms. The zero-order chi connectivity index (χ0) is 20.8. The van der Waals surface area contributed by atoms with E-state index in [-0.39, 0.29) is 5.91 Å². The third kappa shape index (κ3) is 2.70. The van der Waals surface area contributed by atoms with Crippen LogP contribution in [0.4, 0.5) is 5.69 Å². The zero-order valence-electron chi connectivity index (χ0n) is 17.5. The van der Waals surface area contributed by atoms with Crippen molar-refractivity contribution in [3.63, 3.8) is 0 Å². The summed E-state index contributed by atoms with van der Waals surface area (Å²) in [7, 11) is 0. The predicted molar refractivity (Wildman–Crippen MR) is 125 cm³/mol. The van der Waals surface area contributed by atoms with Gasteiger partial charge in [-0.15, -0.1) is 0 Å². The molecular weight excluding hydrogens is 368 g/mol. The number of aromatic nitrogens is 1. The number of hydrogen-bond acceptors (Lipinski definition) is 1. The Hall–Kier alpha value is -3.59. The Kier molecular flexibility index (Phi) is 4.32. The molecule has 4 aromatic rings. The molecule has 148 valence electrons. The van der Waals surface area contributed by atoms with E-state index in [1.165, 1.54) is 16.5 Å². The molecule has 1 aromatic heterocycles. The van der Waals surface area contributed by atoms with Gasteiger partial charge < -0.3 is 9.47 Å². The number of amides is 1. The van der Waals surface area contributed by atoms with Crippen molar-refractivity contribution in [2.45, 2.75) is 20.8 Å². The highest BCUT2D eigenvalue weighted by Crippen LogP contribution is 2.38. The molecule has 3 nitrogen and oxygen atoms in total. The molecule has 0 bridgehead atoms. The number of hydrogen-bond donors (Lipinski definition) is 0. The SMILES string of the molecule is CCN1C(=O)/C(=C/c2cc(C)n(-c3cccc4ccccc34)c2C)c2ccccc21. The van der Waals surface area contributed by atoms with Gasteiger partial charge in [-0.2, -0.15) is 0 Å². The van der Waals surface area contributed by atoms with Gasteiger partial charge in [0.1, 0.15) is 0 Å². The van der Waals surface area contributed by atoms with Crippen molar-refractivity contribution in [1.29, 1.82) is 0 Å². The molecule has 1 amide bonds. The molecular formula is C27H24N2O. The van der Waals surface area contributed by atoms with Gasteiger partial charge in [0, 0.05) is 34.5 Å². The maximum Gasteiger partial charge on any atom is 0.258 e. The fourth-order valence-corrected chi connectivity index (χ4v) is 4.62. The summed E-state index contributed by atoms with van der Waals surface area (Å²) in [5.74, 6) is 0.0775. The second-order valence-electron chi connectivity index (χ2n) is 7.78. The fraction of sp³-hybridized carbons (Fsp3) is 0.148. The van der Waals surface area contributed by atoms with Crippen LogP contribution in [-0.2, 0) is 4.79 Å². The highest BCUT2D eigenvalue weighted by atomic mass is 16.2. The number of aryl methyl sites for hydroxylation is 1. The van der Waals surface area contributed by atoms with Crippen LogP contribution in [0.1, 0.15) is 29.4 Å². The van der Waals surface area contributed by atoms with Crippen molar-refractivity contribution < 1.29 is 4.79 Å². The highest BCUT2D eigenvalue weighted by molar-refractivity contribution is 6.35. The number of para-hydroxylation sites is 1. The Morgan fingerprint density at radius 2 is 1.57 bits per heavy atom. The van der Waals surface area contributed by atoms with Crippen LogP contribution in [0.2, 0.25) is 0 Å². The highest BCUT2D eigenvalue weighted by Gasteiger charge is 2.31. The predicted octanol–water partition coefficient (Wildman–Crippen LogP) is 6.15. The van der Waals surface area contributed by atoms with E-state index < -0.39 is 0 Å². The van der Waals surface area contributed by atoms with Crippen LogP contribution < -0.4 is 4.90 Å². The van der Waals surface area contributed by atoms with Crippen LogP contribution >= 0.6 is 0 Å². The van der Waals surface area contributed by atoms with Gasteiger partial charge in [0.2, 0.25) is 0 Å². The topological polar surface area (TPSA) is 25.2 Å². The van der Waals surface area contributed by atoms with Crippen molar-refractivity contribution >= 4 is 34.0 Å². The standard InChI is InChI=1S/C27H24N2O/c1-4-28-25-14-8-7-13-23(25)24(27(28)30)17-21-16-18(2)29(19(21)3)26-15-9-11-20-10-5-6-12-22(20)26/h5-17H,4H2,1-3H3/b24-17+. The first-order valence-corrected chi connectivity index (χ1v) is 10.4. The van der Waals surface area contributed by atoms with Crippen molar-refractivity contribution in [1.82, 2.24) is 4.57 Å². The second kappa shape index (κ2) is 7.03. The molecule has 0 atom stereocenters. The molecule has 2 heterocycles. The minimum Gasteiger partial charge on any atom is -0.317 e. The number of rotatable bonds is 3. The summed E-state index contributed by atoms with van der Waals surface area (Å²) >= 11 is 0. The number of anilines is 1. The molecule has 0 saturated carbocycles. The lowest BCUT2D eigenvalue weighted by Crippen LogP contribution is -2.25. The van der Waals surface area contributed by atoms with Crippen LogP contribution in [0, 0.1) is 13.8 Å². The monoisotopic (exact) mass is 392 g/mol. The van der Waals surface area contributed by atoms with E-state index in [4.69, 9.17) is 0 Å². The van der Waals surface area contributed by atoms with Crippen LogP contribution in [-0.4, -0.2) is 17.0 Å². The number of benzene rings is 3. The number of carbonyl (C=O) groups excluding carboxylic acids is 1. The molecule has 0 saturated heterocycles. The molecule has 1 aliphatic heterocycles. The van der Waals surface area contributed by atoms with E-state index in [1.807, 2.05) is 36.1 Å². The molecule has 0 fully saturated rings. The number of nitrogens with zero attached hydrogens (tertiary/aromatic N) is 2. The third-order valence-corrected chi connectivity index (χ3v) is 6.05. The van der Waals surface area contributed by atoms with Crippen molar-refractivity contribution in [3.8, 4) is 5.69 Å². The Labute approximate surface area is 176 Å². The molecule has 0 unspecified atom stereocenters. The molecule has 0 radical (unpaired) electrons. The summed E-state index contributed by atoms with van der Waals surface area (Å²) in [6.45, 7) is 6.94. The normalized spacial score (nSPS) is 14.7. The quantitative estimate of drug-likeness (QED) is 0.384. The van der Waals surface area contributed by atoms with Gasteiger partial charge in [0.15, 0.2) is 0 Å². The molecule has 0 aliphatic carbocycles. The van der Waals surface area contributed by atoms with Gasteiger partial charge in [-0.05, 0) is 56.0 Å². The third-order valence-electron chi connectivity index (χ3n) is 6.05. The Balaban J connectivity index is 1.68. The minimum absolute atomic E-state index is 0.0775. The van der Waals surface area contributed by atoms with E-state index in [9.17, 15) is 4.79 Å². The van der Waals surface area contributed by atoms with Crippen LogP contribution in [0.3, 0.4) is 0 Å². The lowest BCUT2D eigenvalue weighted by molar-refractivity contribution is -0.112. The summed E-state index contributed by atoms with van der Waals surface area (Å²) in [6, 6.07) is 25.1.